The van der Waals surface area contributed by atoms with E-state index in [1.165, 1.54) is 0 Å². The van der Waals surface area contributed by atoms with Crippen LogP contribution in [0.1, 0.15) is 0 Å². The third kappa shape index (κ3) is 3.70. The fourth-order valence-electron chi connectivity index (χ4n) is 1.84. The summed E-state index contributed by atoms with van der Waals surface area (Å²) < 4.78 is 10.4. The number of hydrogen-bond acceptors (Lipinski definition) is 4. The molecule has 0 radical (unpaired) electrons. The van der Waals surface area contributed by atoms with Crippen molar-refractivity contribution >= 4 is 12.4 Å². The maximum Gasteiger partial charge on any atom is 0.149 e. The van der Waals surface area contributed by atoms with Crippen LogP contribution in [0.15, 0.2) is 96.4 Å². The molecule has 0 atom stereocenters. The molecule has 4 aliphatic rings. The maximum atomic E-state index is 5.18. The molecule has 0 saturated carbocycles. The van der Waals surface area contributed by atoms with Gasteiger partial charge in [0.25, 0.3) is 0 Å². The van der Waals surface area contributed by atoms with E-state index >= 15 is 0 Å². The van der Waals surface area contributed by atoms with Crippen molar-refractivity contribution in [1.29, 1.82) is 0 Å². The highest BCUT2D eigenvalue weighted by Crippen LogP contribution is 2.19. The second-order valence-electron chi connectivity index (χ2n) is 4.15. The van der Waals surface area contributed by atoms with Gasteiger partial charge in [-0.2, -0.15) is 0 Å². The molecule has 0 unspecified atom stereocenters. The zero-order valence-electron chi connectivity index (χ0n) is 11.2. The van der Waals surface area contributed by atoms with Crippen molar-refractivity contribution in [3.8, 4) is 0 Å². The molecule has 0 aliphatic carbocycles. The summed E-state index contributed by atoms with van der Waals surface area (Å²) in [4.78, 5) is 0. The van der Waals surface area contributed by atoms with Crippen molar-refractivity contribution in [2.45, 2.75) is 0 Å². The van der Waals surface area contributed by atoms with Gasteiger partial charge < -0.3 is 20.1 Å². The maximum absolute atomic E-state index is 5.18. The fourth-order valence-corrected chi connectivity index (χ4v) is 1.84. The zero-order chi connectivity index (χ0) is 13.6. The van der Waals surface area contributed by atoms with Crippen molar-refractivity contribution in [2.24, 2.45) is 0 Å². The van der Waals surface area contributed by atoms with E-state index in [1.54, 1.807) is 12.5 Å². The normalized spacial score (nSPS) is 19.0. The quantitative estimate of drug-likeness (QED) is 0.721. The van der Waals surface area contributed by atoms with Gasteiger partial charge in [0.2, 0.25) is 0 Å². The lowest BCUT2D eigenvalue weighted by Crippen LogP contribution is -2.05. The van der Waals surface area contributed by atoms with Gasteiger partial charge in [-0.25, -0.2) is 0 Å². The van der Waals surface area contributed by atoms with Crippen LogP contribution in [-0.2, 0) is 9.47 Å². The highest BCUT2D eigenvalue weighted by molar-refractivity contribution is 5.85. The van der Waals surface area contributed by atoms with Gasteiger partial charge in [-0.1, -0.05) is 0 Å². The van der Waals surface area contributed by atoms with Gasteiger partial charge in [-0.15, -0.1) is 12.4 Å². The average Bonchev–Trinajstić information content (AvgIpc) is 2.56. The Balaban J connectivity index is 0.000000147. The first kappa shape index (κ1) is 14.8. The molecule has 4 heterocycles. The minimum Gasteiger partial charge on any atom is -0.463 e. The molecule has 4 nitrogen and oxygen atoms in total. The topological polar surface area (TPSA) is 42.5 Å². The Labute approximate surface area is 129 Å². The van der Waals surface area contributed by atoms with Gasteiger partial charge in [0.15, 0.2) is 0 Å². The van der Waals surface area contributed by atoms with Crippen LogP contribution in [0.4, 0.5) is 0 Å². The van der Waals surface area contributed by atoms with Crippen LogP contribution in [0, 0.1) is 0 Å². The smallest absolute Gasteiger partial charge is 0.149 e. The number of hydrogen-bond donors (Lipinski definition) is 2. The van der Waals surface area contributed by atoms with Gasteiger partial charge in [0, 0.05) is 35.9 Å². The minimum atomic E-state index is 0. The molecule has 0 aromatic heterocycles. The first-order valence-electron chi connectivity index (χ1n) is 6.27. The largest absolute Gasteiger partial charge is 0.463 e. The molecule has 2 N–H and O–H groups in total. The summed E-state index contributed by atoms with van der Waals surface area (Å²) in [5.74, 6) is 1.76. The summed E-state index contributed by atoms with van der Waals surface area (Å²) in [7, 11) is 0. The molecule has 0 amide bonds. The van der Waals surface area contributed by atoms with E-state index in [0.717, 1.165) is 22.7 Å². The van der Waals surface area contributed by atoms with Crippen LogP contribution in [-0.4, -0.2) is 0 Å². The summed E-state index contributed by atoms with van der Waals surface area (Å²) >= 11 is 0. The average molecular weight is 303 g/mol. The second kappa shape index (κ2) is 7.26. The van der Waals surface area contributed by atoms with Crippen LogP contribution in [0.25, 0.3) is 0 Å². The standard InChI is InChI=1S/2C8H7NO.ClH/c2*1-2-7-3-4-9-6-8(7)10-5-1;/h2*1-6,9H;1H. The molecule has 0 fully saturated rings. The van der Waals surface area contributed by atoms with Crippen molar-refractivity contribution in [3.05, 3.63) is 96.4 Å². The van der Waals surface area contributed by atoms with E-state index in [9.17, 15) is 0 Å². The molecular formula is C16H15ClN2O2. The Bertz CT molecular complexity index is 579. The summed E-state index contributed by atoms with van der Waals surface area (Å²) in [6.45, 7) is 0. The first-order valence-corrected chi connectivity index (χ1v) is 6.27. The van der Waals surface area contributed by atoms with E-state index in [-0.39, 0.29) is 12.4 Å². The van der Waals surface area contributed by atoms with Gasteiger partial charge in [-0.3, -0.25) is 0 Å². The molecule has 21 heavy (non-hydrogen) atoms. The van der Waals surface area contributed by atoms with Crippen LogP contribution in [0.3, 0.4) is 0 Å². The summed E-state index contributed by atoms with van der Waals surface area (Å²) in [6, 6.07) is 0. The molecule has 0 aromatic rings. The Morgan fingerprint density at radius 3 is 1.62 bits per heavy atom. The predicted octanol–water partition coefficient (Wildman–Crippen LogP) is 3.25. The molecule has 4 rings (SSSR count). The van der Waals surface area contributed by atoms with Crippen molar-refractivity contribution in [3.63, 3.8) is 0 Å². The van der Waals surface area contributed by atoms with Crippen LogP contribution in [0.2, 0.25) is 0 Å². The molecule has 0 aromatic carbocycles. The van der Waals surface area contributed by atoms with E-state index < -0.39 is 0 Å². The number of nitrogens with one attached hydrogen (secondary N) is 2. The molecule has 5 heteroatoms. The lowest BCUT2D eigenvalue weighted by molar-refractivity contribution is 0.355. The summed E-state index contributed by atoms with van der Waals surface area (Å²) in [5, 5.41) is 5.88. The molecule has 108 valence electrons. The Kier molecular flexibility index (Phi) is 5.12. The lowest BCUT2D eigenvalue weighted by Gasteiger charge is -2.13. The van der Waals surface area contributed by atoms with Crippen molar-refractivity contribution in [2.75, 3.05) is 0 Å². The number of rotatable bonds is 0. The molecule has 0 saturated heterocycles. The van der Waals surface area contributed by atoms with E-state index in [1.807, 2.05) is 61.3 Å². The molecule has 4 aliphatic heterocycles. The second-order valence-corrected chi connectivity index (χ2v) is 4.15. The lowest BCUT2D eigenvalue weighted by atomic mass is 10.1. The first-order chi connectivity index (χ1) is 9.93. The predicted molar refractivity (Wildman–Crippen MR) is 84.6 cm³/mol. The number of halogens is 1. The Hall–Kier alpha value is -2.59. The van der Waals surface area contributed by atoms with Gasteiger partial charge >= 0.3 is 0 Å². The third-order valence-electron chi connectivity index (χ3n) is 2.81. The summed E-state index contributed by atoms with van der Waals surface area (Å²) in [6.07, 6.45) is 22.4. The fraction of sp³-hybridized carbons (Fsp3) is 0. The number of dihydropyridines is 2. The van der Waals surface area contributed by atoms with Crippen LogP contribution < -0.4 is 10.6 Å². The van der Waals surface area contributed by atoms with Crippen LogP contribution >= 0.6 is 12.4 Å². The van der Waals surface area contributed by atoms with Gasteiger partial charge in [0.05, 0.1) is 12.5 Å². The van der Waals surface area contributed by atoms with Gasteiger partial charge in [0.1, 0.15) is 11.5 Å². The Morgan fingerprint density at radius 1 is 0.714 bits per heavy atom. The van der Waals surface area contributed by atoms with E-state index in [0.29, 0.717) is 0 Å². The highest BCUT2D eigenvalue weighted by atomic mass is 35.5. The Morgan fingerprint density at radius 2 is 1.19 bits per heavy atom. The van der Waals surface area contributed by atoms with Crippen molar-refractivity contribution in [1.82, 2.24) is 10.6 Å². The number of allylic oxidation sites excluding steroid dienone is 6. The zero-order valence-corrected chi connectivity index (χ0v) is 12.0. The monoisotopic (exact) mass is 302 g/mol. The van der Waals surface area contributed by atoms with Crippen molar-refractivity contribution < 1.29 is 9.47 Å². The van der Waals surface area contributed by atoms with Crippen LogP contribution in [0.5, 0.6) is 0 Å². The van der Waals surface area contributed by atoms with E-state index in [2.05, 4.69) is 10.6 Å². The SMILES string of the molecule is C1=COC2=CNC=CC2=C1.C1=COC2=CNC=CC2=C1.Cl. The number of ether oxygens (including phenoxy) is 2. The third-order valence-corrected chi connectivity index (χ3v) is 2.81. The van der Waals surface area contributed by atoms with E-state index in [4.69, 9.17) is 9.47 Å². The molecule has 0 spiro atoms. The van der Waals surface area contributed by atoms with Gasteiger partial charge in [-0.05, 0) is 36.5 Å². The molecular weight excluding hydrogens is 288 g/mol. The highest BCUT2D eigenvalue weighted by Gasteiger charge is 2.07. The summed E-state index contributed by atoms with van der Waals surface area (Å²) in [5.41, 5.74) is 2.22. The molecule has 0 bridgehead atoms. The minimum absolute atomic E-state index is 0. The number of fused-ring (bicyclic) bond motifs is 2.